The first-order valence-electron chi connectivity index (χ1n) is 9.05. The number of carbonyl (C=O) groups is 1. The van der Waals surface area contributed by atoms with Gasteiger partial charge in [-0.1, -0.05) is 59.8 Å². The highest BCUT2D eigenvalue weighted by Gasteiger charge is 2.19. The van der Waals surface area contributed by atoms with E-state index in [1.807, 2.05) is 25.1 Å². The largest absolute Gasteiger partial charge is 0.342 e. The number of aromatic nitrogens is 3. The number of aryl methyl sites for hydroxylation is 1. The minimum absolute atomic E-state index is 0.109. The van der Waals surface area contributed by atoms with E-state index in [1.165, 1.54) is 11.1 Å². The highest BCUT2D eigenvalue weighted by Crippen LogP contribution is 2.24. The van der Waals surface area contributed by atoms with Crippen LogP contribution in [-0.2, 0) is 12.3 Å². The van der Waals surface area contributed by atoms with E-state index in [4.69, 9.17) is 0 Å². The summed E-state index contributed by atoms with van der Waals surface area (Å²) in [5.74, 6) is 1.50. The molecule has 1 atom stereocenters. The normalized spacial score (nSPS) is 12.0. The minimum atomic E-state index is -0.224. The number of nitrogens with zero attached hydrogens (tertiary/aromatic N) is 3. The Bertz CT molecular complexity index is 908. The summed E-state index contributed by atoms with van der Waals surface area (Å²) in [5.41, 5.74) is 3.15. The molecule has 27 heavy (non-hydrogen) atoms. The maximum atomic E-state index is 12.4. The monoisotopic (exact) mass is 380 g/mol. The molecule has 0 radical (unpaired) electrons. The van der Waals surface area contributed by atoms with Gasteiger partial charge in [0.2, 0.25) is 0 Å². The number of nitrogens with one attached hydrogen (secondary N) is 1. The van der Waals surface area contributed by atoms with Crippen molar-refractivity contribution in [3.8, 4) is 0 Å². The topological polar surface area (TPSA) is 59.8 Å². The van der Waals surface area contributed by atoms with Crippen LogP contribution in [0.4, 0.5) is 0 Å². The van der Waals surface area contributed by atoms with Gasteiger partial charge in [0.1, 0.15) is 0 Å². The van der Waals surface area contributed by atoms with Gasteiger partial charge in [-0.3, -0.25) is 4.79 Å². The predicted octanol–water partition coefficient (Wildman–Crippen LogP) is 4.39. The van der Waals surface area contributed by atoms with Crippen LogP contribution < -0.4 is 5.32 Å². The maximum Gasteiger partial charge on any atom is 0.251 e. The first kappa shape index (κ1) is 19.2. The fraction of sp³-hybridized carbons (Fsp3) is 0.286. The summed E-state index contributed by atoms with van der Waals surface area (Å²) < 4.78 is 2.07. The lowest BCUT2D eigenvalue weighted by molar-refractivity contribution is 0.0937. The van der Waals surface area contributed by atoms with Crippen LogP contribution >= 0.6 is 11.8 Å². The van der Waals surface area contributed by atoms with Crippen LogP contribution in [0.2, 0.25) is 0 Å². The van der Waals surface area contributed by atoms with Crippen LogP contribution in [-0.4, -0.2) is 20.7 Å². The number of hydrogen-bond donors (Lipinski definition) is 1. The van der Waals surface area contributed by atoms with Crippen LogP contribution in [0, 0.1) is 6.92 Å². The first-order chi connectivity index (χ1) is 13.1. The Morgan fingerprint density at radius 2 is 1.93 bits per heavy atom. The molecule has 0 aliphatic rings. The summed E-state index contributed by atoms with van der Waals surface area (Å²) in [7, 11) is 0. The Kier molecular flexibility index (Phi) is 6.29. The third kappa shape index (κ3) is 4.77. The molecule has 1 N–H and O–H groups in total. The Morgan fingerprint density at radius 1 is 1.15 bits per heavy atom. The van der Waals surface area contributed by atoms with Gasteiger partial charge in [-0.15, -0.1) is 10.2 Å². The number of amides is 1. The molecule has 0 unspecified atom stereocenters. The molecule has 6 heteroatoms. The molecule has 0 fully saturated rings. The summed E-state index contributed by atoms with van der Waals surface area (Å²) >= 11 is 1.66. The molecule has 0 aliphatic heterocycles. The second-order valence-electron chi connectivity index (χ2n) is 6.42. The molecule has 1 heterocycles. The average Bonchev–Trinajstić information content (AvgIpc) is 3.10. The zero-order chi connectivity index (χ0) is 19.2. The molecule has 3 aromatic rings. The maximum absolute atomic E-state index is 12.4. The highest BCUT2D eigenvalue weighted by atomic mass is 32.2. The Labute approximate surface area is 164 Å². The van der Waals surface area contributed by atoms with Gasteiger partial charge in [0.15, 0.2) is 11.0 Å². The quantitative estimate of drug-likeness (QED) is 0.618. The number of thioether (sulfide) groups is 1. The second-order valence-corrected chi connectivity index (χ2v) is 7.37. The van der Waals surface area contributed by atoms with E-state index < -0.39 is 0 Å². The van der Waals surface area contributed by atoms with E-state index >= 15 is 0 Å². The van der Waals surface area contributed by atoms with Crippen LogP contribution in [0.5, 0.6) is 0 Å². The summed E-state index contributed by atoms with van der Waals surface area (Å²) in [6.45, 7) is 6.85. The molecule has 0 spiro atoms. The van der Waals surface area contributed by atoms with Crippen molar-refractivity contribution < 1.29 is 4.79 Å². The van der Waals surface area contributed by atoms with Crippen LogP contribution in [0.25, 0.3) is 0 Å². The molecule has 0 bridgehead atoms. The number of rotatable bonds is 7. The third-order valence-electron chi connectivity index (χ3n) is 4.28. The summed E-state index contributed by atoms with van der Waals surface area (Å²) in [6, 6.07) is 17.5. The van der Waals surface area contributed by atoms with E-state index in [0.717, 1.165) is 23.3 Å². The fourth-order valence-electron chi connectivity index (χ4n) is 2.91. The molecule has 0 aliphatic carbocycles. The molecule has 0 saturated carbocycles. The van der Waals surface area contributed by atoms with Crippen molar-refractivity contribution >= 4 is 17.7 Å². The van der Waals surface area contributed by atoms with E-state index in [1.54, 1.807) is 23.9 Å². The van der Waals surface area contributed by atoms with Crippen molar-refractivity contribution in [3.63, 3.8) is 0 Å². The van der Waals surface area contributed by atoms with Gasteiger partial charge in [-0.2, -0.15) is 0 Å². The van der Waals surface area contributed by atoms with Gasteiger partial charge >= 0.3 is 0 Å². The van der Waals surface area contributed by atoms with E-state index in [2.05, 4.69) is 58.2 Å². The standard InChI is InChI=1S/C21H24N4OS/c1-4-25-19(16(3)22-20(26)18-11-6-5-7-12-18)23-24-21(25)27-14-17-10-8-9-15(2)13-17/h5-13,16H,4,14H2,1-3H3,(H,22,26)/t16-/m1/s1. The number of benzene rings is 2. The lowest BCUT2D eigenvalue weighted by Gasteiger charge is -2.15. The number of hydrogen-bond acceptors (Lipinski definition) is 4. The van der Waals surface area contributed by atoms with Gasteiger partial charge in [0, 0.05) is 17.9 Å². The SMILES string of the molecule is CCn1c(SCc2cccc(C)c2)nnc1[C@@H](C)NC(=O)c1ccccc1. The van der Waals surface area contributed by atoms with Crippen LogP contribution in [0.15, 0.2) is 59.8 Å². The fourth-order valence-corrected chi connectivity index (χ4v) is 3.86. The van der Waals surface area contributed by atoms with Crippen molar-refractivity contribution in [3.05, 3.63) is 77.1 Å². The first-order valence-corrected chi connectivity index (χ1v) is 10.0. The Morgan fingerprint density at radius 3 is 2.63 bits per heavy atom. The van der Waals surface area contributed by atoms with Gasteiger partial charge in [0.25, 0.3) is 5.91 Å². The molecule has 0 saturated heterocycles. The lowest BCUT2D eigenvalue weighted by atomic mass is 10.2. The average molecular weight is 381 g/mol. The lowest BCUT2D eigenvalue weighted by Crippen LogP contribution is -2.28. The van der Waals surface area contributed by atoms with Crippen molar-refractivity contribution in [1.82, 2.24) is 20.1 Å². The highest BCUT2D eigenvalue weighted by molar-refractivity contribution is 7.98. The summed E-state index contributed by atoms with van der Waals surface area (Å²) in [4.78, 5) is 12.4. The second kappa shape index (κ2) is 8.86. The van der Waals surface area contributed by atoms with E-state index in [0.29, 0.717) is 5.56 Å². The van der Waals surface area contributed by atoms with Gasteiger partial charge in [-0.05, 0) is 38.5 Å². The molecule has 3 rings (SSSR count). The Balaban J connectivity index is 1.70. The zero-order valence-electron chi connectivity index (χ0n) is 15.8. The molecule has 1 amide bonds. The summed E-state index contributed by atoms with van der Waals surface area (Å²) in [5, 5.41) is 12.6. The van der Waals surface area contributed by atoms with Crippen LogP contribution in [0.3, 0.4) is 0 Å². The van der Waals surface area contributed by atoms with Crippen molar-refractivity contribution in [1.29, 1.82) is 0 Å². The molecule has 5 nitrogen and oxygen atoms in total. The van der Waals surface area contributed by atoms with Crippen LogP contribution in [0.1, 0.15) is 47.2 Å². The minimum Gasteiger partial charge on any atom is -0.342 e. The molecular weight excluding hydrogens is 356 g/mol. The zero-order valence-corrected chi connectivity index (χ0v) is 16.7. The smallest absolute Gasteiger partial charge is 0.251 e. The molecule has 140 valence electrons. The van der Waals surface area contributed by atoms with Crippen molar-refractivity contribution in [2.75, 3.05) is 0 Å². The summed E-state index contributed by atoms with van der Waals surface area (Å²) in [6.07, 6.45) is 0. The van der Waals surface area contributed by atoms with Gasteiger partial charge in [-0.25, -0.2) is 0 Å². The molecular formula is C21H24N4OS. The van der Waals surface area contributed by atoms with E-state index in [-0.39, 0.29) is 11.9 Å². The van der Waals surface area contributed by atoms with E-state index in [9.17, 15) is 4.79 Å². The van der Waals surface area contributed by atoms with Gasteiger partial charge in [0.05, 0.1) is 6.04 Å². The van der Waals surface area contributed by atoms with Gasteiger partial charge < -0.3 is 9.88 Å². The number of carbonyl (C=O) groups excluding carboxylic acids is 1. The third-order valence-corrected chi connectivity index (χ3v) is 5.32. The predicted molar refractivity (Wildman–Crippen MR) is 109 cm³/mol. The van der Waals surface area contributed by atoms with Crippen molar-refractivity contribution in [2.45, 2.75) is 44.3 Å². The Hall–Kier alpha value is -2.60. The van der Waals surface area contributed by atoms with Crippen molar-refractivity contribution in [2.24, 2.45) is 0 Å². The molecule has 2 aromatic carbocycles. The molecule has 1 aromatic heterocycles.